The fourth-order valence-corrected chi connectivity index (χ4v) is 2.18. The topological polar surface area (TPSA) is 40.5 Å². The number of aromatic carboxylic acids is 1. The lowest BCUT2D eigenvalue weighted by molar-refractivity contribution is 0.0696. The quantitative estimate of drug-likeness (QED) is 0.913. The standard InChI is InChI=1S/C16H15ClFNO2/c1-19(9-11-2-6-14(17)7-3-11)10-13-5-4-12(16(20)21)8-15(13)18/h2-8H,9-10H2,1H3,(H,20,21). The first-order chi connectivity index (χ1) is 9.95. The monoisotopic (exact) mass is 307 g/mol. The molecule has 0 heterocycles. The van der Waals surface area contributed by atoms with E-state index in [-0.39, 0.29) is 5.56 Å². The van der Waals surface area contributed by atoms with E-state index in [1.165, 1.54) is 12.1 Å². The molecular formula is C16H15ClFNO2. The summed E-state index contributed by atoms with van der Waals surface area (Å²) in [6, 6.07) is 11.4. The summed E-state index contributed by atoms with van der Waals surface area (Å²) in [6.07, 6.45) is 0. The Kier molecular flexibility index (Phi) is 4.94. The highest BCUT2D eigenvalue weighted by molar-refractivity contribution is 6.30. The van der Waals surface area contributed by atoms with Crippen molar-refractivity contribution in [1.29, 1.82) is 0 Å². The van der Waals surface area contributed by atoms with E-state index in [9.17, 15) is 9.18 Å². The lowest BCUT2D eigenvalue weighted by atomic mass is 10.1. The minimum Gasteiger partial charge on any atom is -0.478 e. The third kappa shape index (κ3) is 4.28. The Morgan fingerprint density at radius 1 is 1.19 bits per heavy atom. The zero-order valence-electron chi connectivity index (χ0n) is 11.5. The molecule has 0 atom stereocenters. The van der Waals surface area contributed by atoms with Crippen molar-refractivity contribution in [1.82, 2.24) is 4.90 Å². The number of carboxylic acid groups (broad SMARTS) is 1. The van der Waals surface area contributed by atoms with Gasteiger partial charge < -0.3 is 5.11 Å². The molecule has 5 heteroatoms. The second-order valence-electron chi connectivity index (χ2n) is 4.91. The second-order valence-corrected chi connectivity index (χ2v) is 5.35. The zero-order valence-corrected chi connectivity index (χ0v) is 12.3. The maximum atomic E-state index is 13.9. The van der Waals surface area contributed by atoms with Crippen molar-refractivity contribution in [3.05, 3.63) is 70.0 Å². The van der Waals surface area contributed by atoms with Crippen LogP contribution in [-0.2, 0) is 13.1 Å². The van der Waals surface area contributed by atoms with Gasteiger partial charge in [-0.25, -0.2) is 9.18 Å². The third-order valence-electron chi connectivity index (χ3n) is 3.11. The molecule has 0 aliphatic heterocycles. The highest BCUT2D eigenvalue weighted by Crippen LogP contribution is 2.15. The number of nitrogens with zero attached hydrogens (tertiary/aromatic N) is 1. The van der Waals surface area contributed by atoms with Gasteiger partial charge in [-0.3, -0.25) is 4.90 Å². The number of rotatable bonds is 5. The van der Waals surface area contributed by atoms with Gasteiger partial charge in [0.05, 0.1) is 5.56 Å². The molecule has 2 aromatic carbocycles. The molecule has 0 spiro atoms. The molecule has 0 fully saturated rings. The summed E-state index contributed by atoms with van der Waals surface area (Å²) in [7, 11) is 1.87. The fraction of sp³-hybridized carbons (Fsp3) is 0.188. The smallest absolute Gasteiger partial charge is 0.335 e. The Balaban J connectivity index is 2.04. The Morgan fingerprint density at radius 3 is 2.43 bits per heavy atom. The van der Waals surface area contributed by atoms with Gasteiger partial charge in [-0.05, 0) is 36.9 Å². The van der Waals surface area contributed by atoms with Crippen LogP contribution in [0.25, 0.3) is 0 Å². The van der Waals surface area contributed by atoms with Gasteiger partial charge in [0, 0.05) is 23.7 Å². The minimum absolute atomic E-state index is 0.0448. The van der Waals surface area contributed by atoms with E-state index in [0.717, 1.165) is 11.6 Å². The maximum Gasteiger partial charge on any atom is 0.335 e. The summed E-state index contributed by atoms with van der Waals surface area (Å²) in [5.74, 6) is -1.63. The van der Waals surface area contributed by atoms with E-state index in [0.29, 0.717) is 23.7 Å². The third-order valence-corrected chi connectivity index (χ3v) is 3.36. The molecule has 110 valence electrons. The van der Waals surface area contributed by atoms with Gasteiger partial charge in [0.15, 0.2) is 0 Å². The lowest BCUT2D eigenvalue weighted by Crippen LogP contribution is -2.18. The van der Waals surface area contributed by atoms with Crippen molar-refractivity contribution >= 4 is 17.6 Å². The fourth-order valence-electron chi connectivity index (χ4n) is 2.06. The predicted molar refractivity (Wildman–Crippen MR) is 80.0 cm³/mol. The second kappa shape index (κ2) is 6.70. The highest BCUT2D eigenvalue weighted by atomic mass is 35.5. The number of benzene rings is 2. The molecule has 0 radical (unpaired) electrons. The summed E-state index contributed by atoms with van der Waals surface area (Å²) in [5.41, 5.74) is 1.50. The number of carbonyl (C=O) groups is 1. The van der Waals surface area contributed by atoms with Crippen LogP contribution < -0.4 is 0 Å². The highest BCUT2D eigenvalue weighted by Gasteiger charge is 2.10. The van der Waals surface area contributed by atoms with Crippen LogP contribution >= 0.6 is 11.6 Å². The summed E-state index contributed by atoms with van der Waals surface area (Å²) in [6.45, 7) is 1.05. The van der Waals surface area contributed by atoms with Crippen molar-refractivity contribution in [3.8, 4) is 0 Å². The summed E-state index contributed by atoms with van der Waals surface area (Å²) in [4.78, 5) is 12.7. The first-order valence-corrected chi connectivity index (χ1v) is 6.78. The van der Waals surface area contributed by atoms with Crippen LogP contribution in [0.15, 0.2) is 42.5 Å². The molecule has 1 N–H and O–H groups in total. The van der Waals surface area contributed by atoms with Crippen molar-refractivity contribution in [2.24, 2.45) is 0 Å². The predicted octanol–water partition coefficient (Wildman–Crippen LogP) is 3.81. The van der Waals surface area contributed by atoms with Gasteiger partial charge in [-0.2, -0.15) is 0 Å². The molecule has 0 aromatic heterocycles. The van der Waals surface area contributed by atoms with E-state index in [2.05, 4.69) is 0 Å². The first-order valence-electron chi connectivity index (χ1n) is 6.40. The van der Waals surface area contributed by atoms with Gasteiger partial charge in [-0.15, -0.1) is 0 Å². The van der Waals surface area contributed by atoms with Crippen LogP contribution in [0, 0.1) is 5.82 Å². The first kappa shape index (κ1) is 15.5. The van der Waals surface area contributed by atoms with Crippen molar-refractivity contribution in [2.75, 3.05) is 7.05 Å². The molecule has 0 saturated heterocycles. The van der Waals surface area contributed by atoms with E-state index in [1.807, 2.05) is 36.2 Å². The molecule has 3 nitrogen and oxygen atoms in total. The van der Waals surface area contributed by atoms with E-state index in [4.69, 9.17) is 16.7 Å². The van der Waals surface area contributed by atoms with Crippen molar-refractivity contribution in [3.63, 3.8) is 0 Å². The number of hydrogen-bond donors (Lipinski definition) is 1. The molecule has 0 aliphatic rings. The maximum absolute atomic E-state index is 13.9. The Hall–Kier alpha value is -1.91. The molecule has 0 bridgehead atoms. The number of halogens is 2. The Labute approximate surface area is 127 Å². The van der Waals surface area contributed by atoms with Crippen LogP contribution in [0.5, 0.6) is 0 Å². The van der Waals surface area contributed by atoms with E-state index >= 15 is 0 Å². The van der Waals surface area contributed by atoms with Gasteiger partial charge in [0.1, 0.15) is 5.82 Å². The van der Waals surface area contributed by atoms with Crippen LogP contribution in [0.3, 0.4) is 0 Å². The summed E-state index contributed by atoms with van der Waals surface area (Å²) < 4.78 is 13.9. The summed E-state index contributed by atoms with van der Waals surface area (Å²) >= 11 is 5.83. The largest absolute Gasteiger partial charge is 0.478 e. The average molecular weight is 308 g/mol. The number of carboxylic acids is 1. The van der Waals surface area contributed by atoms with Gasteiger partial charge in [0.2, 0.25) is 0 Å². The van der Waals surface area contributed by atoms with Crippen LogP contribution in [0.1, 0.15) is 21.5 Å². The molecule has 2 rings (SSSR count). The molecule has 0 amide bonds. The van der Waals surface area contributed by atoms with Gasteiger partial charge in [-0.1, -0.05) is 29.8 Å². The van der Waals surface area contributed by atoms with Crippen LogP contribution in [-0.4, -0.2) is 23.0 Å². The minimum atomic E-state index is -1.13. The van der Waals surface area contributed by atoms with Gasteiger partial charge >= 0.3 is 5.97 Å². The van der Waals surface area contributed by atoms with Crippen molar-refractivity contribution < 1.29 is 14.3 Å². The van der Waals surface area contributed by atoms with E-state index in [1.54, 1.807) is 0 Å². The average Bonchev–Trinajstić information content (AvgIpc) is 2.43. The lowest BCUT2D eigenvalue weighted by Gasteiger charge is -2.17. The molecular weight excluding hydrogens is 293 g/mol. The molecule has 2 aromatic rings. The van der Waals surface area contributed by atoms with Crippen LogP contribution in [0.2, 0.25) is 5.02 Å². The number of hydrogen-bond acceptors (Lipinski definition) is 2. The summed E-state index contributed by atoms with van der Waals surface area (Å²) in [5, 5.41) is 9.49. The van der Waals surface area contributed by atoms with E-state index < -0.39 is 11.8 Å². The molecule has 21 heavy (non-hydrogen) atoms. The Bertz CT molecular complexity index is 643. The SMILES string of the molecule is CN(Cc1ccc(Cl)cc1)Cc1ccc(C(=O)O)cc1F. The normalized spacial score (nSPS) is 10.9. The Morgan fingerprint density at radius 2 is 1.86 bits per heavy atom. The molecule has 0 unspecified atom stereocenters. The molecule has 0 saturated carbocycles. The molecule has 0 aliphatic carbocycles. The van der Waals surface area contributed by atoms with Gasteiger partial charge in [0.25, 0.3) is 0 Å². The van der Waals surface area contributed by atoms with Crippen molar-refractivity contribution in [2.45, 2.75) is 13.1 Å². The van der Waals surface area contributed by atoms with Crippen LogP contribution in [0.4, 0.5) is 4.39 Å². The zero-order chi connectivity index (χ0) is 15.4.